The second-order valence-corrected chi connectivity index (χ2v) is 5.17. The summed E-state index contributed by atoms with van der Waals surface area (Å²) in [6.07, 6.45) is 4.28. The first kappa shape index (κ1) is 13.8. The van der Waals surface area contributed by atoms with Crippen molar-refractivity contribution in [3.63, 3.8) is 0 Å². The third kappa shape index (κ3) is 3.91. The lowest BCUT2D eigenvalue weighted by Crippen LogP contribution is -2.45. The average Bonchev–Trinajstić information content (AvgIpc) is 2.41. The Morgan fingerprint density at radius 1 is 1.47 bits per heavy atom. The van der Waals surface area contributed by atoms with Crippen LogP contribution in [0.25, 0.3) is 0 Å². The third-order valence-electron chi connectivity index (χ3n) is 3.56. The highest BCUT2D eigenvalue weighted by atomic mass is 15.3. The maximum atomic E-state index is 4.39. The summed E-state index contributed by atoms with van der Waals surface area (Å²) in [5, 5.41) is 3.38. The maximum absolute atomic E-state index is 4.39. The van der Waals surface area contributed by atoms with Crippen molar-refractivity contribution >= 4 is 5.96 Å². The van der Waals surface area contributed by atoms with Gasteiger partial charge in [-0.15, -0.1) is 0 Å². The van der Waals surface area contributed by atoms with Crippen LogP contribution in [0.1, 0.15) is 31.3 Å². The number of aryl methyl sites for hydroxylation is 1. The molecule has 0 unspecified atom stereocenters. The number of aromatic nitrogens is 2. The number of aliphatic imine (C=N–C) groups is 1. The van der Waals surface area contributed by atoms with Crippen molar-refractivity contribution in [1.82, 2.24) is 20.2 Å². The molecule has 1 fully saturated rings. The van der Waals surface area contributed by atoms with E-state index >= 15 is 0 Å². The minimum Gasteiger partial charge on any atom is -0.351 e. The number of piperidine rings is 1. The minimum atomic E-state index is 0.697. The Hall–Kier alpha value is -1.65. The van der Waals surface area contributed by atoms with Crippen LogP contribution in [0.4, 0.5) is 0 Å². The van der Waals surface area contributed by atoms with Crippen molar-refractivity contribution in [1.29, 1.82) is 0 Å². The highest BCUT2D eigenvalue weighted by Gasteiger charge is 2.18. The predicted molar refractivity (Wildman–Crippen MR) is 76.9 cm³/mol. The molecular weight excluding hydrogens is 238 g/mol. The fourth-order valence-corrected chi connectivity index (χ4v) is 2.33. The van der Waals surface area contributed by atoms with E-state index in [9.17, 15) is 0 Å². The fraction of sp³-hybridized carbons (Fsp3) is 0.643. The molecule has 1 aromatic rings. The van der Waals surface area contributed by atoms with Gasteiger partial charge in [0.15, 0.2) is 5.96 Å². The normalized spacial score (nSPS) is 17.6. The Kier molecular flexibility index (Phi) is 4.71. The van der Waals surface area contributed by atoms with E-state index in [0.29, 0.717) is 6.54 Å². The zero-order chi connectivity index (χ0) is 13.7. The molecule has 104 valence electrons. The van der Waals surface area contributed by atoms with E-state index in [1.54, 1.807) is 6.20 Å². The Morgan fingerprint density at radius 3 is 2.84 bits per heavy atom. The molecule has 0 atom stereocenters. The number of hydrogen-bond acceptors (Lipinski definition) is 3. The minimum absolute atomic E-state index is 0.697. The Bertz CT molecular complexity index is 435. The van der Waals surface area contributed by atoms with E-state index in [-0.39, 0.29) is 0 Å². The van der Waals surface area contributed by atoms with Crippen molar-refractivity contribution < 1.29 is 0 Å². The molecule has 0 amide bonds. The van der Waals surface area contributed by atoms with E-state index in [4.69, 9.17) is 0 Å². The quantitative estimate of drug-likeness (QED) is 0.649. The lowest BCUT2D eigenvalue weighted by Gasteiger charge is -2.32. The van der Waals surface area contributed by atoms with Crippen LogP contribution in [0.3, 0.4) is 0 Å². The summed E-state index contributed by atoms with van der Waals surface area (Å²) in [6, 6.07) is 1.94. The van der Waals surface area contributed by atoms with Gasteiger partial charge in [0.2, 0.25) is 0 Å². The van der Waals surface area contributed by atoms with E-state index in [1.165, 1.54) is 12.8 Å². The molecule has 2 heterocycles. The molecule has 1 N–H and O–H groups in total. The molecule has 0 saturated carbocycles. The van der Waals surface area contributed by atoms with Crippen LogP contribution >= 0.6 is 0 Å². The van der Waals surface area contributed by atoms with Gasteiger partial charge in [-0.05, 0) is 31.7 Å². The Labute approximate surface area is 115 Å². The molecule has 1 aromatic heterocycles. The standard InChI is InChI=1S/C14H23N5/c1-11-5-8-19(9-6-11)14(15-3)17-10-13-4-7-16-12(2)18-13/h4,7,11H,5-6,8-10H2,1-3H3,(H,15,17). The molecule has 1 aliphatic rings. The van der Waals surface area contributed by atoms with Gasteiger partial charge in [0.05, 0.1) is 12.2 Å². The van der Waals surface area contributed by atoms with Gasteiger partial charge >= 0.3 is 0 Å². The molecule has 0 aromatic carbocycles. The van der Waals surface area contributed by atoms with Crippen molar-refractivity contribution in [2.24, 2.45) is 10.9 Å². The number of likely N-dealkylation sites (tertiary alicyclic amines) is 1. The summed E-state index contributed by atoms with van der Waals surface area (Å²) in [6.45, 7) is 7.09. The highest BCUT2D eigenvalue weighted by Crippen LogP contribution is 2.15. The molecule has 2 rings (SSSR count). The molecule has 0 bridgehead atoms. The molecule has 0 radical (unpaired) electrons. The van der Waals surface area contributed by atoms with E-state index < -0.39 is 0 Å². The van der Waals surface area contributed by atoms with Gasteiger partial charge in [-0.2, -0.15) is 0 Å². The zero-order valence-corrected chi connectivity index (χ0v) is 12.1. The van der Waals surface area contributed by atoms with Crippen LogP contribution in [-0.4, -0.2) is 41.0 Å². The second kappa shape index (κ2) is 6.50. The molecule has 0 aliphatic carbocycles. The van der Waals surface area contributed by atoms with E-state index in [0.717, 1.165) is 36.5 Å². The Balaban J connectivity index is 1.89. The summed E-state index contributed by atoms with van der Waals surface area (Å²) in [5.74, 6) is 2.61. The maximum Gasteiger partial charge on any atom is 0.193 e. The highest BCUT2D eigenvalue weighted by molar-refractivity contribution is 5.79. The number of guanidine groups is 1. The summed E-state index contributed by atoms with van der Waals surface area (Å²) in [4.78, 5) is 15.2. The zero-order valence-electron chi connectivity index (χ0n) is 12.1. The SMILES string of the molecule is CN=C(NCc1ccnc(C)n1)N1CCC(C)CC1. The smallest absolute Gasteiger partial charge is 0.193 e. The molecule has 5 heteroatoms. The van der Waals surface area contributed by atoms with Crippen LogP contribution in [0.15, 0.2) is 17.3 Å². The first-order chi connectivity index (χ1) is 9.19. The Morgan fingerprint density at radius 2 is 2.21 bits per heavy atom. The van der Waals surface area contributed by atoms with Gasteiger partial charge in [-0.25, -0.2) is 9.97 Å². The fourth-order valence-electron chi connectivity index (χ4n) is 2.33. The molecular formula is C14H23N5. The first-order valence-corrected chi connectivity index (χ1v) is 6.93. The van der Waals surface area contributed by atoms with Crippen molar-refractivity contribution in [3.8, 4) is 0 Å². The van der Waals surface area contributed by atoms with Crippen molar-refractivity contribution in [3.05, 3.63) is 23.8 Å². The van der Waals surface area contributed by atoms with Crippen molar-refractivity contribution in [2.45, 2.75) is 33.2 Å². The van der Waals surface area contributed by atoms with Crippen LogP contribution in [0, 0.1) is 12.8 Å². The summed E-state index contributed by atoms with van der Waals surface area (Å²) < 4.78 is 0. The summed E-state index contributed by atoms with van der Waals surface area (Å²) >= 11 is 0. The lowest BCUT2D eigenvalue weighted by molar-refractivity contribution is 0.273. The second-order valence-electron chi connectivity index (χ2n) is 5.17. The van der Waals surface area contributed by atoms with Gasteiger partial charge < -0.3 is 10.2 Å². The molecule has 19 heavy (non-hydrogen) atoms. The molecule has 5 nitrogen and oxygen atoms in total. The molecule has 1 aliphatic heterocycles. The van der Waals surface area contributed by atoms with E-state index in [2.05, 4.69) is 32.1 Å². The lowest BCUT2D eigenvalue weighted by atomic mass is 10.00. The first-order valence-electron chi connectivity index (χ1n) is 6.93. The summed E-state index contributed by atoms with van der Waals surface area (Å²) in [7, 11) is 1.84. The van der Waals surface area contributed by atoms with Crippen LogP contribution < -0.4 is 5.32 Å². The van der Waals surface area contributed by atoms with Crippen LogP contribution in [0.2, 0.25) is 0 Å². The predicted octanol–water partition coefficient (Wildman–Crippen LogP) is 1.59. The number of nitrogens with one attached hydrogen (secondary N) is 1. The number of hydrogen-bond donors (Lipinski definition) is 1. The monoisotopic (exact) mass is 261 g/mol. The third-order valence-corrected chi connectivity index (χ3v) is 3.56. The summed E-state index contributed by atoms with van der Waals surface area (Å²) in [5.41, 5.74) is 0.999. The van der Waals surface area contributed by atoms with Gasteiger partial charge in [0.1, 0.15) is 5.82 Å². The number of nitrogens with zero attached hydrogens (tertiary/aromatic N) is 4. The van der Waals surface area contributed by atoms with Crippen molar-refractivity contribution in [2.75, 3.05) is 20.1 Å². The van der Waals surface area contributed by atoms with E-state index in [1.807, 2.05) is 20.0 Å². The topological polar surface area (TPSA) is 53.4 Å². The van der Waals surface area contributed by atoms with Crippen LogP contribution in [0.5, 0.6) is 0 Å². The van der Waals surface area contributed by atoms with Crippen LogP contribution in [-0.2, 0) is 6.54 Å². The molecule has 0 spiro atoms. The van der Waals surface area contributed by atoms with Gasteiger partial charge in [-0.3, -0.25) is 4.99 Å². The van der Waals surface area contributed by atoms with Gasteiger partial charge in [0, 0.05) is 26.3 Å². The van der Waals surface area contributed by atoms with Gasteiger partial charge in [-0.1, -0.05) is 6.92 Å². The average molecular weight is 261 g/mol. The van der Waals surface area contributed by atoms with Gasteiger partial charge in [0.25, 0.3) is 0 Å². The largest absolute Gasteiger partial charge is 0.351 e. The molecule has 1 saturated heterocycles. The number of rotatable bonds is 2.